The van der Waals surface area contributed by atoms with Gasteiger partial charge in [-0.2, -0.15) is 0 Å². The number of phenols is 1. The fourth-order valence-corrected chi connectivity index (χ4v) is 1.42. The van der Waals surface area contributed by atoms with Crippen molar-refractivity contribution in [2.75, 3.05) is 0 Å². The molecule has 0 spiro atoms. The molecular weight excluding hydrogens is 210 g/mol. The number of aromatic hydroxyl groups is 1. The predicted molar refractivity (Wildman–Crippen MR) is 55.3 cm³/mol. The largest absolute Gasteiger partial charge is 0.508 e. The van der Waals surface area contributed by atoms with E-state index in [2.05, 4.69) is 5.16 Å². The zero-order valence-electron chi connectivity index (χ0n) is 8.47. The van der Waals surface area contributed by atoms with Gasteiger partial charge in [-0.15, -0.1) is 0 Å². The van der Waals surface area contributed by atoms with Gasteiger partial charge < -0.3 is 14.7 Å². The number of nitrogens with zero attached hydrogens (tertiary/aromatic N) is 1. The standard InChI is InChI=1S/C11H9NO4/c1-6-2-7(4-8(13)3-6)10-5-9(11(14)15)12-16-10/h2-5,13H,1H3,(H,14,15). The summed E-state index contributed by atoms with van der Waals surface area (Å²) in [5.41, 5.74) is 1.29. The SMILES string of the molecule is Cc1cc(O)cc(-c2cc(C(=O)O)no2)c1. The van der Waals surface area contributed by atoms with E-state index in [9.17, 15) is 9.90 Å². The van der Waals surface area contributed by atoms with E-state index in [0.717, 1.165) is 5.56 Å². The predicted octanol–water partition coefficient (Wildman–Crippen LogP) is 2.05. The highest BCUT2D eigenvalue weighted by atomic mass is 16.5. The molecule has 0 aliphatic heterocycles. The van der Waals surface area contributed by atoms with Gasteiger partial charge >= 0.3 is 5.97 Å². The average molecular weight is 219 g/mol. The Kier molecular flexibility index (Phi) is 2.36. The maximum Gasteiger partial charge on any atom is 0.358 e. The summed E-state index contributed by atoms with van der Waals surface area (Å²) >= 11 is 0. The summed E-state index contributed by atoms with van der Waals surface area (Å²) in [6.45, 7) is 1.82. The summed E-state index contributed by atoms with van der Waals surface area (Å²) < 4.78 is 4.88. The highest BCUT2D eigenvalue weighted by Gasteiger charge is 2.12. The number of rotatable bonds is 2. The lowest BCUT2D eigenvalue weighted by atomic mass is 10.1. The Bertz CT molecular complexity index is 524. The van der Waals surface area contributed by atoms with Crippen molar-refractivity contribution in [2.24, 2.45) is 0 Å². The molecule has 0 atom stereocenters. The molecule has 1 heterocycles. The van der Waals surface area contributed by atoms with Crippen LogP contribution in [0.25, 0.3) is 11.3 Å². The first-order chi connectivity index (χ1) is 7.56. The molecule has 0 fully saturated rings. The number of carbonyl (C=O) groups is 1. The van der Waals surface area contributed by atoms with Crippen LogP contribution in [-0.4, -0.2) is 21.3 Å². The summed E-state index contributed by atoms with van der Waals surface area (Å²) in [5, 5.41) is 21.5. The van der Waals surface area contributed by atoms with Crippen molar-refractivity contribution >= 4 is 5.97 Å². The van der Waals surface area contributed by atoms with Gasteiger partial charge in [0.15, 0.2) is 11.5 Å². The van der Waals surface area contributed by atoms with E-state index in [1.807, 2.05) is 6.92 Å². The topological polar surface area (TPSA) is 83.6 Å². The van der Waals surface area contributed by atoms with Gasteiger partial charge in [0.05, 0.1) is 0 Å². The molecule has 2 aromatic rings. The van der Waals surface area contributed by atoms with E-state index in [4.69, 9.17) is 9.63 Å². The van der Waals surface area contributed by atoms with E-state index in [-0.39, 0.29) is 11.4 Å². The Morgan fingerprint density at radius 3 is 2.62 bits per heavy atom. The number of carboxylic acids is 1. The van der Waals surface area contributed by atoms with Crippen LogP contribution in [-0.2, 0) is 0 Å². The van der Waals surface area contributed by atoms with E-state index in [0.29, 0.717) is 11.3 Å². The highest BCUT2D eigenvalue weighted by Crippen LogP contribution is 2.25. The minimum Gasteiger partial charge on any atom is -0.508 e. The quantitative estimate of drug-likeness (QED) is 0.807. The minimum absolute atomic E-state index is 0.100. The lowest BCUT2D eigenvalue weighted by Crippen LogP contribution is -1.94. The third-order valence-corrected chi connectivity index (χ3v) is 2.08. The Hall–Kier alpha value is -2.30. The monoisotopic (exact) mass is 219 g/mol. The first kappa shape index (κ1) is 10.2. The molecule has 1 aromatic carbocycles. The van der Waals surface area contributed by atoms with Crippen molar-refractivity contribution < 1.29 is 19.5 Å². The zero-order valence-corrected chi connectivity index (χ0v) is 8.47. The van der Waals surface area contributed by atoms with Crippen LogP contribution in [0.5, 0.6) is 5.75 Å². The number of aromatic nitrogens is 1. The molecule has 0 aliphatic carbocycles. The van der Waals surface area contributed by atoms with E-state index < -0.39 is 5.97 Å². The molecule has 0 amide bonds. The molecule has 0 radical (unpaired) electrons. The van der Waals surface area contributed by atoms with E-state index in [1.165, 1.54) is 12.1 Å². The van der Waals surface area contributed by atoms with Gasteiger partial charge in [0.25, 0.3) is 0 Å². The summed E-state index contributed by atoms with van der Waals surface area (Å²) in [6, 6.07) is 6.17. The maximum atomic E-state index is 10.6. The van der Waals surface area contributed by atoms with Gasteiger partial charge in [0, 0.05) is 11.6 Å². The van der Waals surface area contributed by atoms with Gasteiger partial charge in [-0.1, -0.05) is 5.16 Å². The van der Waals surface area contributed by atoms with Crippen LogP contribution >= 0.6 is 0 Å². The number of carboxylic acid groups (broad SMARTS) is 1. The van der Waals surface area contributed by atoms with Crippen molar-refractivity contribution in [1.29, 1.82) is 0 Å². The lowest BCUT2D eigenvalue weighted by molar-refractivity contribution is 0.0686. The van der Waals surface area contributed by atoms with Crippen molar-refractivity contribution in [3.8, 4) is 17.1 Å². The molecule has 1 aromatic heterocycles. The fourth-order valence-electron chi connectivity index (χ4n) is 1.42. The lowest BCUT2D eigenvalue weighted by Gasteiger charge is -1.99. The van der Waals surface area contributed by atoms with Crippen LogP contribution < -0.4 is 0 Å². The van der Waals surface area contributed by atoms with Gasteiger partial charge in [0.1, 0.15) is 5.75 Å². The fraction of sp³-hybridized carbons (Fsp3) is 0.0909. The third kappa shape index (κ3) is 1.88. The summed E-state index contributed by atoms with van der Waals surface area (Å²) in [5.74, 6) is -0.730. The smallest absolute Gasteiger partial charge is 0.358 e. The molecular formula is C11H9NO4. The van der Waals surface area contributed by atoms with Gasteiger partial charge in [-0.05, 0) is 30.7 Å². The first-order valence-electron chi connectivity index (χ1n) is 4.57. The maximum absolute atomic E-state index is 10.6. The Morgan fingerprint density at radius 1 is 1.31 bits per heavy atom. The van der Waals surface area contributed by atoms with Crippen molar-refractivity contribution in [3.05, 3.63) is 35.5 Å². The second-order valence-corrected chi connectivity index (χ2v) is 3.44. The summed E-state index contributed by atoms with van der Waals surface area (Å²) in [6.07, 6.45) is 0. The molecule has 0 unspecified atom stereocenters. The number of hydrogen-bond donors (Lipinski definition) is 2. The average Bonchev–Trinajstić information content (AvgIpc) is 2.64. The highest BCUT2D eigenvalue weighted by molar-refractivity contribution is 5.86. The van der Waals surface area contributed by atoms with Crippen molar-refractivity contribution in [2.45, 2.75) is 6.92 Å². The van der Waals surface area contributed by atoms with E-state index >= 15 is 0 Å². The Balaban J connectivity index is 2.46. The molecule has 0 saturated heterocycles. The number of aromatic carboxylic acids is 1. The molecule has 0 aliphatic rings. The van der Waals surface area contributed by atoms with Crippen LogP contribution in [0.1, 0.15) is 16.1 Å². The number of hydrogen-bond acceptors (Lipinski definition) is 4. The van der Waals surface area contributed by atoms with Crippen molar-refractivity contribution in [1.82, 2.24) is 5.16 Å². The number of phenolic OH excluding ortho intramolecular Hbond substituents is 1. The Labute approximate surface area is 90.9 Å². The normalized spacial score (nSPS) is 10.3. The summed E-state index contributed by atoms with van der Waals surface area (Å²) in [4.78, 5) is 10.6. The minimum atomic E-state index is -1.15. The van der Waals surface area contributed by atoms with Crippen LogP contribution in [0.4, 0.5) is 0 Å². The summed E-state index contributed by atoms with van der Waals surface area (Å²) in [7, 11) is 0. The molecule has 0 saturated carbocycles. The molecule has 2 rings (SSSR count). The van der Waals surface area contributed by atoms with Gasteiger partial charge in [-0.25, -0.2) is 4.79 Å². The molecule has 5 heteroatoms. The molecule has 16 heavy (non-hydrogen) atoms. The second kappa shape index (κ2) is 3.69. The Morgan fingerprint density at radius 2 is 2.06 bits per heavy atom. The molecule has 5 nitrogen and oxygen atoms in total. The molecule has 82 valence electrons. The van der Waals surface area contributed by atoms with Crippen LogP contribution in [0.15, 0.2) is 28.8 Å². The zero-order chi connectivity index (χ0) is 11.7. The van der Waals surface area contributed by atoms with Crippen LogP contribution in [0.3, 0.4) is 0 Å². The first-order valence-corrected chi connectivity index (χ1v) is 4.57. The van der Waals surface area contributed by atoms with E-state index in [1.54, 1.807) is 12.1 Å². The van der Waals surface area contributed by atoms with Gasteiger partial charge in [0.2, 0.25) is 0 Å². The number of aryl methyl sites for hydroxylation is 1. The molecule has 0 bridgehead atoms. The second-order valence-electron chi connectivity index (χ2n) is 3.44. The van der Waals surface area contributed by atoms with Crippen molar-refractivity contribution in [3.63, 3.8) is 0 Å². The number of benzene rings is 1. The van der Waals surface area contributed by atoms with Crippen LogP contribution in [0.2, 0.25) is 0 Å². The third-order valence-electron chi connectivity index (χ3n) is 2.08. The molecule has 2 N–H and O–H groups in total. The van der Waals surface area contributed by atoms with Gasteiger partial charge in [-0.3, -0.25) is 0 Å². The van der Waals surface area contributed by atoms with Crippen LogP contribution in [0, 0.1) is 6.92 Å².